The summed E-state index contributed by atoms with van der Waals surface area (Å²) in [5.41, 5.74) is 1.32. The van der Waals surface area contributed by atoms with Gasteiger partial charge in [0.2, 0.25) is 0 Å². The van der Waals surface area contributed by atoms with Crippen LogP contribution in [0.4, 0.5) is 0 Å². The predicted octanol–water partition coefficient (Wildman–Crippen LogP) is 2.27. The van der Waals surface area contributed by atoms with Gasteiger partial charge in [-0.05, 0) is 0 Å². The van der Waals surface area contributed by atoms with Crippen LogP contribution in [-0.2, 0) is 0 Å². The molecule has 0 aromatic heterocycles. The quantitative estimate of drug-likeness (QED) is 0.491. The van der Waals surface area contributed by atoms with E-state index in [1.807, 2.05) is 0 Å². The average Bonchev–Trinajstić information content (AvgIpc) is 2.52. The van der Waals surface area contributed by atoms with Crippen LogP contribution >= 0.6 is 0 Å². The number of allylic oxidation sites excluding steroid dienone is 5. The van der Waals surface area contributed by atoms with E-state index in [0.29, 0.717) is 0 Å². The third-order valence-corrected chi connectivity index (χ3v) is 2.26. The maximum atomic E-state index is 3.34. The molecule has 1 aliphatic carbocycles. The second-order valence-corrected chi connectivity index (χ2v) is 3.47. The van der Waals surface area contributed by atoms with Crippen molar-refractivity contribution in [1.82, 2.24) is 5.32 Å². The molecule has 0 saturated heterocycles. The van der Waals surface area contributed by atoms with Gasteiger partial charge in [-0.1, -0.05) is 0 Å². The Hall–Kier alpha value is -0.383. The molecule has 1 N–H and O–H groups in total. The summed E-state index contributed by atoms with van der Waals surface area (Å²) < 4.78 is 1.35. The normalized spacial score (nSPS) is 18.1. The molecule has 0 heterocycles. The molecular formula is C11H16LiN. The SMILES string of the molecule is [Li][C]1=CC=C/C1=C/NCCCCC. The summed E-state index contributed by atoms with van der Waals surface area (Å²) in [7, 11) is 0. The summed E-state index contributed by atoms with van der Waals surface area (Å²) in [6, 6.07) is 0. The number of hydrogen-bond acceptors (Lipinski definition) is 1. The van der Waals surface area contributed by atoms with Crippen molar-refractivity contribution in [2.24, 2.45) is 0 Å². The first-order valence-corrected chi connectivity index (χ1v) is 5.13. The van der Waals surface area contributed by atoms with Gasteiger partial charge in [-0.2, -0.15) is 0 Å². The first-order valence-electron chi connectivity index (χ1n) is 5.13. The van der Waals surface area contributed by atoms with E-state index in [-0.39, 0.29) is 0 Å². The Labute approximate surface area is 90.2 Å². The van der Waals surface area contributed by atoms with Crippen molar-refractivity contribution in [3.63, 3.8) is 0 Å². The molecule has 0 aromatic rings. The summed E-state index contributed by atoms with van der Waals surface area (Å²) in [4.78, 5) is 0. The van der Waals surface area contributed by atoms with E-state index < -0.39 is 0 Å². The molecule has 0 aromatic carbocycles. The van der Waals surface area contributed by atoms with Gasteiger partial charge in [0.1, 0.15) is 0 Å². The fraction of sp³-hybridized carbons (Fsp3) is 0.455. The Morgan fingerprint density at radius 3 is 2.92 bits per heavy atom. The summed E-state index contributed by atoms with van der Waals surface area (Å²) in [5, 5.41) is 3.34. The van der Waals surface area contributed by atoms with Gasteiger partial charge in [0.15, 0.2) is 0 Å². The van der Waals surface area contributed by atoms with Gasteiger partial charge in [0.05, 0.1) is 0 Å². The molecule has 13 heavy (non-hydrogen) atoms. The van der Waals surface area contributed by atoms with Crippen LogP contribution in [0.5, 0.6) is 0 Å². The topological polar surface area (TPSA) is 12.0 Å². The van der Waals surface area contributed by atoms with E-state index >= 15 is 0 Å². The van der Waals surface area contributed by atoms with E-state index in [9.17, 15) is 0 Å². The Bertz CT molecular complexity index is 238. The molecule has 1 aliphatic rings. The molecule has 0 saturated carbocycles. The fourth-order valence-corrected chi connectivity index (χ4v) is 1.34. The van der Waals surface area contributed by atoms with Crippen LogP contribution in [0.15, 0.2) is 34.2 Å². The van der Waals surface area contributed by atoms with Crippen molar-refractivity contribution < 1.29 is 0 Å². The molecule has 0 aliphatic heterocycles. The van der Waals surface area contributed by atoms with Crippen molar-refractivity contribution in [1.29, 1.82) is 0 Å². The van der Waals surface area contributed by atoms with Crippen LogP contribution in [0, 0.1) is 0 Å². The molecular weight excluding hydrogens is 153 g/mol. The first kappa shape index (κ1) is 10.7. The zero-order valence-corrected chi connectivity index (χ0v) is 8.64. The van der Waals surface area contributed by atoms with Gasteiger partial charge in [-0.3, -0.25) is 0 Å². The first-order chi connectivity index (χ1) is 6.34. The van der Waals surface area contributed by atoms with Crippen molar-refractivity contribution in [2.45, 2.75) is 26.2 Å². The summed E-state index contributed by atoms with van der Waals surface area (Å²) in [5.74, 6) is 0. The summed E-state index contributed by atoms with van der Waals surface area (Å²) in [6.45, 7) is 3.32. The third-order valence-electron chi connectivity index (χ3n) is 2.26. The van der Waals surface area contributed by atoms with E-state index in [4.69, 9.17) is 0 Å². The Morgan fingerprint density at radius 2 is 2.31 bits per heavy atom. The number of hydrogen-bond donors (Lipinski definition) is 1. The maximum absolute atomic E-state index is 3.34. The number of rotatable bonds is 5. The van der Waals surface area contributed by atoms with Gasteiger partial charge in [0.25, 0.3) is 0 Å². The van der Waals surface area contributed by atoms with Crippen molar-refractivity contribution in [3.05, 3.63) is 34.2 Å². The third kappa shape index (κ3) is 3.89. The van der Waals surface area contributed by atoms with Gasteiger partial charge in [-0.25, -0.2) is 0 Å². The molecule has 0 amide bonds. The Balaban J connectivity index is 2.17. The zero-order valence-electron chi connectivity index (χ0n) is 8.64. The van der Waals surface area contributed by atoms with E-state index in [2.05, 4.69) is 54.4 Å². The van der Waals surface area contributed by atoms with Crippen LogP contribution in [0.3, 0.4) is 0 Å². The van der Waals surface area contributed by atoms with Crippen LogP contribution in [-0.4, -0.2) is 24.3 Å². The second-order valence-electron chi connectivity index (χ2n) is 3.47. The molecule has 1 nitrogen and oxygen atoms in total. The molecule has 0 radical (unpaired) electrons. The van der Waals surface area contributed by atoms with Crippen molar-refractivity contribution in [2.75, 3.05) is 6.54 Å². The molecule has 0 bridgehead atoms. The molecule has 0 unspecified atom stereocenters. The van der Waals surface area contributed by atoms with Crippen LogP contribution in [0.25, 0.3) is 0 Å². The zero-order chi connectivity index (χ0) is 9.52. The van der Waals surface area contributed by atoms with Gasteiger partial charge >= 0.3 is 90.0 Å². The monoisotopic (exact) mass is 169 g/mol. The van der Waals surface area contributed by atoms with Crippen LogP contribution in [0.2, 0.25) is 0 Å². The molecule has 0 atom stereocenters. The fourth-order valence-electron chi connectivity index (χ4n) is 1.34. The number of unbranched alkanes of at least 4 members (excludes halogenated alkanes) is 2. The van der Waals surface area contributed by atoms with Gasteiger partial charge < -0.3 is 0 Å². The Morgan fingerprint density at radius 1 is 1.46 bits per heavy atom. The standard InChI is InChI=1S/C11H16N.Li/c1-2-3-6-9-12-10-11-7-4-5-8-11;/h4-5,7,10,12H,2-3,6,9H2,1H3;/b11-10-;. The summed E-state index contributed by atoms with van der Waals surface area (Å²) in [6.07, 6.45) is 12.4. The van der Waals surface area contributed by atoms with Crippen molar-refractivity contribution >= 4 is 17.7 Å². The average molecular weight is 169 g/mol. The minimum absolute atomic E-state index is 1.10. The predicted molar refractivity (Wildman–Crippen MR) is 58.6 cm³/mol. The van der Waals surface area contributed by atoms with Crippen LogP contribution < -0.4 is 5.32 Å². The summed E-state index contributed by atoms with van der Waals surface area (Å²) >= 11 is 2.14. The minimum atomic E-state index is 1.10. The van der Waals surface area contributed by atoms with Crippen molar-refractivity contribution in [3.8, 4) is 0 Å². The number of nitrogens with one attached hydrogen (secondary N) is 1. The van der Waals surface area contributed by atoms with E-state index in [0.717, 1.165) is 6.54 Å². The molecule has 0 spiro atoms. The van der Waals surface area contributed by atoms with E-state index in [1.54, 1.807) is 0 Å². The van der Waals surface area contributed by atoms with Gasteiger partial charge in [-0.15, -0.1) is 0 Å². The Kier molecular flexibility index (Phi) is 5.04. The second kappa shape index (κ2) is 6.13. The molecule has 2 heteroatoms. The molecule has 66 valence electrons. The van der Waals surface area contributed by atoms with E-state index in [1.165, 1.54) is 29.1 Å². The van der Waals surface area contributed by atoms with Gasteiger partial charge in [0, 0.05) is 0 Å². The molecule has 1 rings (SSSR count). The molecule has 0 fully saturated rings. The van der Waals surface area contributed by atoms with Crippen LogP contribution in [0.1, 0.15) is 26.2 Å².